The van der Waals surface area contributed by atoms with Crippen molar-refractivity contribution in [2.24, 2.45) is 0 Å². The molecule has 0 aliphatic heterocycles. The third-order valence-electron chi connectivity index (χ3n) is 2.23. The van der Waals surface area contributed by atoms with Gasteiger partial charge in [-0.2, -0.15) is 0 Å². The Kier molecular flexibility index (Phi) is 4.12. The van der Waals surface area contributed by atoms with E-state index in [1.807, 2.05) is 49.6 Å². The number of thiazole rings is 1. The van der Waals surface area contributed by atoms with Crippen molar-refractivity contribution >= 4 is 22.9 Å². The van der Waals surface area contributed by atoms with E-state index < -0.39 is 0 Å². The smallest absolute Gasteiger partial charge is 0.108 e. The molecule has 2 aromatic rings. The highest BCUT2D eigenvalue weighted by Crippen LogP contribution is 2.27. The van der Waals surface area contributed by atoms with Crippen molar-refractivity contribution in [3.63, 3.8) is 0 Å². The fraction of sp³-hybridized carbons (Fsp3) is 0.250. The zero-order valence-corrected chi connectivity index (χ0v) is 11.3. The van der Waals surface area contributed by atoms with Crippen molar-refractivity contribution in [1.29, 1.82) is 0 Å². The van der Waals surface area contributed by atoms with Gasteiger partial charge in [0, 0.05) is 25.3 Å². The van der Waals surface area contributed by atoms with E-state index in [0.29, 0.717) is 0 Å². The molecule has 1 heterocycles. The Bertz CT molecular complexity index is 479. The lowest BCUT2D eigenvalue weighted by Crippen LogP contribution is -2.29. The van der Waals surface area contributed by atoms with Crippen LogP contribution in [0, 0.1) is 0 Å². The molecule has 1 aromatic carbocycles. The number of halogens is 1. The molecule has 0 atom stereocenters. The number of hydrogen-bond donors (Lipinski definition) is 1. The van der Waals surface area contributed by atoms with Crippen LogP contribution in [0.4, 0.5) is 0 Å². The molecule has 0 spiro atoms. The van der Waals surface area contributed by atoms with Crippen LogP contribution in [0.5, 0.6) is 0 Å². The summed E-state index contributed by atoms with van der Waals surface area (Å²) in [7, 11) is 3.93. The van der Waals surface area contributed by atoms with Gasteiger partial charge >= 0.3 is 0 Å². The van der Waals surface area contributed by atoms with Crippen LogP contribution in [0.15, 0.2) is 30.5 Å². The van der Waals surface area contributed by atoms with E-state index in [0.717, 1.165) is 27.0 Å². The first kappa shape index (κ1) is 12.5. The number of hydrogen-bond acceptors (Lipinski definition) is 4. The molecule has 3 nitrogen and oxygen atoms in total. The van der Waals surface area contributed by atoms with E-state index >= 15 is 0 Å². The molecule has 2 rings (SSSR count). The van der Waals surface area contributed by atoms with E-state index in [4.69, 9.17) is 11.6 Å². The second-order valence-corrected chi connectivity index (χ2v) is 5.41. The minimum atomic E-state index is 0.755. The van der Waals surface area contributed by atoms with Gasteiger partial charge in [-0.15, -0.1) is 11.3 Å². The molecule has 1 aromatic heterocycles. The van der Waals surface area contributed by atoms with Gasteiger partial charge in [-0.05, 0) is 17.7 Å². The minimum Gasteiger partial charge on any atom is -0.250 e. The van der Waals surface area contributed by atoms with Crippen molar-refractivity contribution < 1.29 is 0 Å². The van der Waals surface area contributed by atoms with Gasteiger partial charge in [0.1, 0.15) is 5.01 Å². The average molecular weight is 268 g/mol. The second-order valence-electron chi connectivity index (χ2n) is 3.85. The first-order chi connectivity index (χ1) is 8.15. The number of rotatable bonds is 4. The molecule has 0 saturated carbocycles. The maximum atomic E-state index is 5.86. The van der Waals surface area contributed by atoms with E-state index in [-0.39, 0.29) is 0 Å². The van der Waals surface area contributed by atoms with Gasteiger partial charge in [0.15, 0.2) is 0 Å². The summed E-state index contributed by atoms with van der Waals surface area (Å²) in [6, 6.07) is 7.82. The number of nitrogens with zero attached hydrogens (tertiary/aromatic N) is 2. The summed E-state index contributed by atoms with van der Waals surface area (Å²) < 4.78 is 0. The van der Waals surface area contributed by atoms with Crippen LogP contribution >= 0.6 is 22.9 Å². The van der Waals surface area contributed by atoms with Crippen molar-refractivity contribution in [2.75, 3.05) is 14.1 Å². The number of nitrogens with one attached hydrogen (secondary N) is 1. The summed E-state index contributed by atoms with van der Waals surface area (Å²) in [5.41, 5.74) is 4.35. The molecule has 0 saturated heterocycles. The van der Waals surface area contributed by atoms with Gasteiger partial charge in [-0.25, -0.2) is 10.4 Å². The van der Waals surface area contributed by atoms with Crippen molar-refractivity contribution in [3.8, 4) is 10.4 Å². The van der Waals surface area contributed by atoms with Gasteiger partial charge in [-0.1, -0.05) is 23.7 Å². The first-order valence-electron chi connectivity index (χ1n) is 5.26. The van der Waals surface area contributed by atoms with Crippen LogP contribution in [-0.2, 0) is 6.54 Å². The number of hydrazine groups is 1. The highest BCUT2D eigenvalue weighted by atomic mass is 35.5. The van der Waals surface area contributed by atoms with Gasteiger partial charge in [0.25, 0.3) is 0 Å². The average Bonchev–Trinajstić information content (AvgIpc) is 2.76. The van der Waals surface area contributed by atoms with Crippen LogP contribution in [0.1, 0.15) is 5.01 Å². The SMILES string of the molecule is CN(C)NCc1ncc(-c2ccc(Cl)cc2)s1. The monoisotopic (exact) mass is 267 g/mol. The van der Waals surface area contributed by atoms with Crippen LogP contribution in [0.25, 0.3) is 10.4 Å². The normalized spacial score (nSPS) is 11.1. The molecule has 0 radical (unpaired) electrons. The molecule has 0 unspecified atom stereocenters. The summed E-state index contributed by atoms with van der Waals surface area (Å²) in [6.07, 6.45) is 1.90. The van der Waals surface area contributed by atoms with Gasteiger partial charge in [0.05, 0.1) is 11.4 Å². The Labute approximate surface area is 110 Å². The van der Waals surface area contributed by atoms with Crippen LogP contribution in [-0.4, -0.2) is 24.1 Å². The number of benzene rings is 1. The van der Waals surface area contributed by atoms with Gasteiger partial charge < -0.3 is 0 Å². The number of aromatic nitrogens is 1. The Balaban J connectivity index is 2.10. The lowest BCUT2D eigenvalue weighted by molar-refractivity contribution is 0.286. The zero-order valence-electron chi connectivity index (χ0n) is 9.77. The highest BCUT2D eigenvalue weighted by Gasteiger charge is 2.04. The standard InChI is InChI=1S/C12H14ClN3S/c1-16(2)15-8-12-14-7-11(17-12)9-3-5-10(13)6-4-9/h3-7,15H,8H2,1-2H3. The molecule has 0 aliphatic carbocycles. The zero-order chi connectivity index (χ0) is 12.3. The van der Waals surface area contributed by atoms with Crippen molar-refractivity contribution in [2.45, 2.75) is 6.54 Å². The summed E-state index contributed by atoms with van der Waals surface area (Å²) in [5.74, 6) is 0. The second kappa shape index (κ2) is 5.60. The summed E-state index contributed by atoms with van der Waals surface area (Å²) in [6.45, 7) is 0.755. The third-order valence-corrected chi connectivity index (χ3v) is 3.53. The summed E-state index contributed by atoms with van der Waals surface area (Å²) >= 11 is 7.55. The molecule has 0 amide bonds. The van der Waals surface area contributed by atoms with Crippen molar-refractivity contribution in [1.82, 2.24) is 15.4 Å². The predicted octanol–water partition coefficient (Wildman–Crippen LogP) is 3.03. The third kappa shape index (κ3) is 3.51. The lowest BCUT2D eigenvalue weighted by atomic mass is 10.2. The van der Waals surface area contributed by atoms with Gasteiger partial charge in [0.2, 0.25) is 0 Å². The fourth-order valence-electron chi connectivity index (χ4n) is 1.37. The van der Waals surface area contributed by atoms with Crippen LogP contribution < -0.4 is 5.43 Å². The van der Waals surface area contributed by atoms with E-state index in [9.17, 15) is 0 Å². The molecule has 90 valence electrons. The maximum Gasteiger partial charge on any atom is 0.108 e. The largest absolute Gasteiger partial charge is 0.250 e. The van der Waals surface area contributed by atoms with E-state index in [1.165, 1.54) is 0 Å². The molecular formula is C12H14ClN3S. The minimum absolute atomic E-state index is 0.755. The Morgan fingerprint density at radius 1 is 1.29 bits per heavy atom. The van der Waals surface area contributed by atoms with Crippen molar-refractivity contribution in [3.05, 3.63) is 40.5 Å². The molecule has 1 N–H and O–H groups in total. The van der Waals surface area contributed by atoms with E-state index in [1.54, 1.807) is 11.3 Å². The first-order valence-corrected chi connectivity index (χ1v) is 6.46. The quantitative estimate of drug-likeness (QED) is 0.863. The fourth-order valence-corrected chi connectivity index (χ4v) is 2.35. The summed E-state index contributed by atoms with van der Waals surface area (Å²) in [5, 5.41) is 3.75. The molecule has 0 bridgehead atoms. The highest BCUT2D eigenvalue weighted by molar-refractivity contribution is 7.15. The molecular weight excluding hydrogens is 254 g/mol. The van der Waals surface area contributed by atoms with Crippen LogP contribution in [0.2, 0.25) is 5.02 Å². The van der Waals surface area contributed by atoms with Gasteiger partial charge in [-0.3, -0.25) is 5.01 Å². The summed E-state index contributed by atoms with van der Waals surface area (Å²) in [4.78, 5) is 5.55. The van der Waals surface area contributed by atoms with E-state index in [2.05, 4.69) is 10.4 Å². The van der Waals surface area contributed by atoms with Crippen LogP contribution in [0.3, 0.4) is 0 Å². The topological polar surface area (TPSA) is 28.2 Å². The maximum absolute atomic E-state index is 5.86. The molecule has 0 aliphatic rings. The Hall–Kier alpha value is -0.940. The lowest BCUT2D eigenvalue weighted by Gasteiger charge is -2.09. The predicted molar refractivity (Wildman–Crippen MR) is 73.1 cm³/mol. The Morgan fingerprint density at radius 3 is 2.65 bits per heavy atom. The molecule has 0 fully saturated rings. The Morgan fingerprint density at radius 2 is 2.00 bits per heavy atom. The molecule has 5 heteroatoms. The molecule has 17 heavy (non-hydrogen) atoms.